The number of anilines is 2. The van der Waals surface area contributed by atoms with E-state index in [1.807, 2.05) is 18.4 Å². The molecule has 2 rings (SSSR count). The van der Waals surface area contributed by atoms with E-state index in [0.29, 0.717) is 24.7 Å². The van der Waals surface area contributed by atoms with Gasteiger partial charge in [-0.2, -0.15) is 0 Å². The number of hydrogen-bond acceptors (Lipinski definition) is 6. The van der Waals surface area contributed by atoms with Crippen molar-refractivity contribution in [3.63, 3.8) is 0 Å². The molecule has 0 saturated carbocycles. The van der Waals surface area contributed by atoms with E-state index in [1.54, 1.807) is 29.4 Å². The van der Waals surface area contributed by atoms with Crippen LogP contribution < -0.4 is 10.2 Å². The summed E-state index contributed by atoms with van der Waals surface area (Å²) in [5.41, 5.74) is 0.00905. The molecule has 8 heteroatoms. The molecule has 0 spiro atoms. The lowest BCUT2D eigenvalue weighted by Crippen LogP contribution is -2.19. The van der Waals surface area contributed by atoms with Gasteiger partial charge in [-0.15, -0.1) is 11.3 Å². The van der Waals surface area contributed by atoms with Gasteiger partial charge in [-0.3, -0.25) is 10.1 Å². The molecule has 0 aliphatic carbocycles. The first-order valence-corrected chi connectivity index (χ1v) is 8.02. The molecule has 0 atom stereocenters. The van der Waals surface area contributed by atoms with Gasteiger partial charge < -0.3 is 10.2 Å². The summed E-state index contributed by atoms with van der Waals surface area (Å²) in [5, 5.41) is 16.2. The van der Waals surface area contributed by atoms with Crippen LogP contribution >= 0.6 is 27.3 Å². The van der Waals surface area contributed by atoms with Crippen LogP contribution in [0.2, 0.25) is 0 Å². The van der Waals surface area contributed by atoms with Crippen molar-refractivity contribution in [2.24, 2.45) is 0 Å². The fourth-order valence-corrected chi connectivity index (χ4v) is 3.39. The molecule has 21 heavy (non-hydrogen) atoms. The van der Waals surface area contributed by atoms with Crippen LogP contribution in [0.4, 0.5) is 17.3 Å². The third-order valence-corrected chi connectivity index (χ3v) is 4.47. The van der Waals surface area contributed by atoms with Crippen molar-refractivity contribution >= 4 is 44.6 Å². The van der Waals surface area contributed by atoms with Crippen LogP contribution in [-0.2, 0) is 6.54 Å². The van der Waals surface area contributed by atoms with E-state index < -0.39 is 4.92 Å². The second kappa shape index (κ2) is 6.86. The molecule has 0 fully saturated rings. The maximum absolute atomic E-state index is 11.2. The smallest absolute Gasteiger partial charge is 0.311 e. The maximum Gasteiger partial charge on any atom is 0.311 e. The Morgan fingerprint density at radius 3 is 2.86 bits per heavy atom. The van der Waals surface area contributed by atoms with Crippen molar-refractivity contribution in [1.29, 1.82) is 0 Å². The van der Waals surface area contributed by atoms with Crippen LogP contribution in [0.1, 0.15) is 11.8 Å². The quantitative estimate of drug-likeness (QED) is 0.616. The van der Waals surface area contributed by atoms with Gasteiger partial charge in [0.15, 0.2) is 0 Å². The number of rotatable bonds is 6. The van der Waals surface area contributed by atoms with E-state index in [4.69, 9.17) is 0 Å². The normalized spacial score (nSPS) is 10.4. The summed E-state index contributed by atoms with van der Waals surface area (Å²) in [6.07, 6.45) is 0. The summed E-state index contributed by atoms with van der Waals surface area (Å²) < 4.78 is 1.01. The minimum Gasteiger partial charge on any atom is -0.370 e. The van der Waals surface area contributed by atoms with E-state index in [9.17, 15) is 10.1 Å². The highest BCUT2D eigenvalue weighted by Gasteiger charge is 2.20. The number of hydrogen-bond donors (Lipinski definition) is 1. The van der Waals surface area contributed by atoms with Crippen molar-refractivity contribution < 1.29 is 4.92 Å². The SMILES string of the molecule is CCNc1ccc([N+](=O)[O-])c(N(C)Cc2cc(Br)cs2)n1. The average Bonchev–Trinajstić information content (AvgIpc) is 2.84. The van der Waals surface area contributed by atoms with Gasteiger partial charge in [-0.05, 0) is 35.0 Å². The third-order valence-electron chi connectivity index (χ3n) is 2.79. The molecule has 0 amide bonds. The number of aromatic nitrogens is 1. The lowest BCUT2D eigenvalue weighted by molar-refractivity contribution is -0.384. The van der Waals surface area contributed by atoms with Crippen molar-refractivity contribution in [2.75, 3.05) is 23.8 Å². The lowest BCUT2D eigenvalue weighted by atomic mass is 10.3. The summed E-state index contributed by atoms with van der Waals surface area (Å²) in [6, 6.07) is 5.11. The summed E-state index contributed by atoms with van der Waals surface area (Å²) in [4.78, 5) is 18.0. The molecular formula is C13H15BrN4O2S. The third kappa shape index (κ3) is 3.92. The Labute approximate surface area is 135 Å². The number of pyridine rings is 1. The van der Waals surface area contributed by atoms with Gasteiger partial charge in [0.05, 0.1) is 11.5 Å². The number of nitrogens with one attached hydrogen (secondary N) is 1. The maximum atomic E-state index is 11.2. The molecular weight excluding hydrogens is 356 g/mol. The number of halogens is 1. The summed E-state index contributed by atoms with van der Waals surface area (Å²) in [6.45, 7) is 3.24. The van der Waals surface area contributed by atoms with Gasteiger partial charge in [0, 0.05) is 34.4 Å². The van der Waals surface area contributed by atoms with Gasteiger partial charge in [0.25, 0.3) is 0 Å². The monoisotopic (exact) mass is 370 g/mol. The van der Waals surface area contributed by atoms with Gasteiger partial charge in [0.1, 0.15) is 5.82 Å². The molecule has 0 aliphatic heterocycles. The molecule has 0 unspecified atom stereocenters. The zero-order valence-corrected chi connectivity index (χ0v) is 14.1. The molecule has 1 N–H and O–H groups in total. The Morgan fingerprint density at radius 2 is 2.29 bits per heavy atom. The molecule has 2 aromatic rings. The Kier molecular flexibility index (Phi) is 5.13. The highest BCUT2D eigenvalue weighted by Crippen LogP contribution is 2.29. The van der Waals surface area contributed by atoms with Crippen LogP contribution in [0.15, 0.2) is 28.1 Å². The summed E-state index contributed by atoms with van der Waals surface area (Å²) in [7, 11) is 1.80. The molecule has 0 saturated heterocycles. The lowest BCUT2D eigenvalue weighted by Gasteiger charge is -2.18. The molecule has 0 bridgehead atoms. The van der Waals surface area contributed by atoms with Crippen LogP contribution in [0, 0.1) is 10.1 Å². The molecule has 112 valence electrons. The van der Waals surface area contributed by atoms with Gasteiger partial charge in [-0.1, -0.05) is 0 Å². The van der Waals surface area contributed by atoms with Crippen LogP contribution in [0.5, 0.6) is 0 Å². The van der Waals surface area contributed by atoms with Gasteiger partial charge in [-0.25, -0.2) is 4.98 Å². The van der Waals surface area contributed by atoms with Crippen LogP contribution in [0.25, 0.3) is 0 Å². The van der Waals surface area contributed by atoms with Crippen molar-refractivity contribution in [3.8, 4) is 0 Å². The second-order valence-corrected chi connectivity index (χ2v) is 6.33. The Hall–Kier alpha value is -1.67. The first-order chi connectivity index (χ1) is 10.0. The predicted molar refractivity (Wildman–Crippen MR) is 89.2 cm³/mol. The molecule has 2 aromatic heterocycles. The molecule has 0 aromatic carbocycles. The molecule has 2 heterocycles. The zero-order chi connectivity index (χ0) is 15.4. The Balaban J connectivity index is 2.30. The first kappa shape index (κ1) is 15.7. The van der Waals surface area contributed by atoms with E-state index in [-0.39, 0.29) is 5.69 Å². The molecule has 6 nitrogen and oxygen atoms in total. The van der Waals surface area contributed by atoms with Gasteiger partial charge in [0.2, 0.25) is 5.82 Å². The van der Waals surface area contributed by atoms with Crippen molar-refractivity contribution in [1.82, 2.24) is 4.98 Å². The number of nitro groups is 1. The summed E-state index contributed by atoms with van der Waals surface area (Å²) >= 11 is 5.01. The van der Waals surface area contributed by atoms with Crippen LogP contribution in [0.3, 0.4) is 0 Å². The average molecular weight is 371 g/mol. The van der Waals surface area contributed by atoms with Crippen molar-refractivity contribution in [2.45, 2.75) is 13.5 Å². The standard InChI is InChI=1S/C13H15BrN4O2S/c1-3-15-12-5-4-11(18(19)20)13(16-12)17(2)7-10-6-9(14)8-21-10/h4-6,8H,3,7H2,1-2H3,(H,15,16). The first-order valence-electron chi connectivity index (χ1n) is 6.34. The van der Waals surface area contributed by atoms with Gasteiger partial charge >= 0.3 is 5.69 Å². The Morgan fingerprint density at radius 1 is 1.52 bits per heavy atom. The summed E-state index contributed by atoms with van der Waals surface area (Å²) in [5.74, 6) is 1.00. The van der Waals surface area contributed by atoms with Crippen molar-refractivity contribution in [3.05, 3.63) is 43.0 Å². The fraction of sp³-hybridized carbons (Fsp3) is 0.308. The molecule has 0 aliphatic rings. The van der Waals surface area contributed by atoms with E-state index >= 15 is 0 Å². The topological polar surface area (TPSA) is 71.3 Å². The number of thiophene rings is 1. The van der Waals surface area contributed by atoms with E-state index in [2.05, 4.69) is 26.2 Å². The fourth-order valence-electron chi connectivity index (χ4n) is 1.89. The minimum atomic E-state index is -0.404. The minimum absolute atomic E-state index is 0.00905. The highest BCUT2D eigenvalue weighted by molar-refractivity contribution is 9.10. The van der Waals surface area contributed by atoms with Crippen LogP contribution in [-0.4, -0.2) is 23.5 Å². The largest absolute Gasteiger partial charge is 0.370 e. The molecule has 0 radical (unpaired) electrons. The van der Waals surface area contributed by atoms with E-state index in [0.717, 1.165) is 9.35 Å². The highest BCUT2D eigenvalue weighted by atomic mass is 79.9. The zero-order valence-electron chi connectivity index (χ0n) is 11.7. The Bertz CT molecular complexity index is 647. The number of nitrogens with zero attached hydrogens (tertiary/aromatic N) is 3. The predicted octanol–water partition coefficient (Wildman–Crippen LogP) is 3.88. The van der Waals surface area contributed by atoms with E-state index in [1.165, 1.54) is 6.07 Å². The second-order valence-electron chi connectivity index (χ2n) is 4.41.